The van der Waals surface area contributed by atoms with Gasteiger partial charge in [-0.15, -0.1) is 0 Å². The van der Waals surface area contributed by atoms with Crippen LogP contribution in [0, 0.1) is 11.3 Å². The molecule has 0 aromatic carbocycles. The smallest absolute Gasteiger partial charge is 0.0868 e. The van der Waals surface area contributed by atoms with Crippen LogP contribution in [-0.4, -0.2) is 49.5 Å². The van der Waals surface area contributed by atoms with E-state index in [4.69, 9.17) is 14.7 Å². The number of hydrogen-bond donors (Lipinski definition) is 0. The third-order valence-electron chi connectivity index (χ3n) is 4.17. The minimum atomic E-state index is 0.0304. The van der Waals surface area contributed by atoms with Gasteiger partial charge in [0.1, 0.15) is 0 Å². The summed E-state index contributed by atoms with van der Waals surface area (Å²) in [7, 11) is 0. The van der Waals surface area contributed by atoms with Crippen LogP contribution >= 0.6 is 0 Å². The Morgan fingerprint density at radius 1 is 1.33 bits per heavy atom. The van der Waals surface area contributed by atoms with Crippen LogP contribution in [-0.2, 0) is 9.47 Å². The zero-order valence-electron chi connectivity index (χ0n) is 11.4. The largest absolute Gasteiger partial charge is 0.381 e. The predicted molar refractivity (Wildman–Crippen MR) is 69.2 cm³/mol. The minimum absolute atomic E-state index is 0.0304. The molecule has 1 spiro atoms. The van der Waals surface area contributed by atoms with Crippen molar-refractivity contribution in [2.24, 2.45) is 0 Å². The van der Waals surface area contributed by atoms with Crippen molar-refractivity contribution < 1.29 is 9.47 Å². The van der Waals surface area contributed by atoms with E-state index in [-0.39, 0.29) is 5.60 Å². The second-order valence-corrected chi connectivity index (χ2v) is 5.42. The van der Waals surface area contributed by atoms with Crippen molar-refractivity contribution in [3.05, 3.63) is 0 Å². The summed E-state index contributed by atoms with van der Waals surface area (Å²) < 4.78 is 11.5. The maximum atomic E-state index is 8.95. The quantitative estimate of drug-likeness (QED) is 0.717. The van der Waals surface area contributed by atoms with Gasteiger partial charge < -0.3 is 9.47 Å². The number of rotatable bonds is 4. The molecule has 0 amide bonds. The molecule has 4 heteroatoms. The van der Waals surface area contributed by atoms with Crippen LogP contribution in [0.25, 0.3) is 0 Å². The molecule has 2 heterocycles. The minimum Gasteiger partial charge on any atom is -0.381 e. The van der Waals surface area contributed by atoms with Crippen LogP contribution in [0.2, 0.25) is 0 Å². The molecule has 1 atom stereocenters. The lowest BCUT2D eigenvalue weighted by Crippen LogP contribution is -2.51. The van der Waals surface area contributed by atoms with Crippen molar-refractivity contribution in [1.82, 2.24) is 4.90 Å². The van der Waals surface area contributed by atoms with Crippen molar-refractivity contribution in [2.45, 2.75) is 50.7 Å². The summed E-state index contributed by atoms with van der Waals surface area (Å²) in [5.41, 5.74) is 0.0304. The first-order valence-corrected chi connectivity index (χ1v) is 7.12. The predicted octanol–water partition coefficient (Wildman–Crippen LogP) is 1.95. The van der Waals surface area contributed by atoms with Crippen molar-refractivity contribution >= 4 is 0 Å². The SMILES string of the molecule is CCCN(CC#N)C1CCOC2(CCOCC2)C1. The Morgan fingerprint density at radius 3 is 2.78 bits per heavy atom. The van der Waals surface area contributed by atoms with E-state index >= 15 is 0 Å². The number of hydrogen-bond acceptors (Lipinski definition) is 4. The highest BCUT2D eigenvalue weighted by Gasteiger charge is 2.40. The second kappa shape index (κ2) is 6.51. The lowest BCUT2D eigenvalue weighted by atomic mass is 9.83. The Kier molecular flexibility index (Phi) is 4.99. The summed E-state index contributed by atoms with van der Waals surface area (Å²) in [6, 6.07) is 2.81. The summed E-state index contributed by atoms with van der Waals surface area (Å²) in [5, 5.41) is 8.95. The summed E-state index contributed by atoms with van der Waals surface area (Å²) in [4.78, 5) is 2.33. The van der Waals surface area contributed by atoms with E-state index in [2.05, 4.69) is 17.9 Å². The van der Waals surface area contributed by atoms with E-state index in [1.165, 1.54) is 0 Å². The Bertz CT molecular complexity index is 289. The second-order valence-electron chi connectivity index (χ2n) is 5.42. The molecule has 102 valence electrons. The van der Waals surface area contributed by atoms with Crippen molar-refractivity contribution in [3.8, 4) is 6.07 Å². The van der Waals surface area contributed by atoms with E-state index in [1.807, 2.05) is 0 Å². The van der Waals surface area contributed by atoms with E-state index in [9.17, 15) is 0 Å². The molecule has 2 aliphatic heterocycles. The van der Waals surface area contributed by atoms with E-state index in [1.54, 1.807) is 0 Å². The van der Waals surface area contributed by atoms with Gasteiger partial charge in [0.15, 0.2) is 0 Å². The standard InChI is InChI=1S/C14H24N2O2/c1-2-7-16(8-6-15)13-3-9-18-14(12-13)4-10-17-11-5-14/h13H,2-5,7-12H2,1H3. The Labute approximate surface area is 110 Å². The first-order valence-electron chi connectivity index (χ1n) is 7.12. The Morgan fingerprint density at radius 2 is 2.11 bits per heavy atom. The molecule has 2 rings (SSSR count). The molecule has 4 nitrogen and oxygen atoms in total. The highest BCUT2D eigenvalue weighted by Crippen LogP contribution is 2.35. The average molecular weight is 252 g/mol. The molecular formula is C14H24N2O2. The van der Waals surface area contributed by atoms with Crippen molar-refractivity contribution in [2.75, 3.05) is 32.9 Å². The Hall–Kier alpha value is -0.630. The molecule has 0 aliphatic carbocycles. The fourth-order valence-electron chi connectivity index (χ4n) is 3.17. The highest BCUT2D eigenvalue weighted by molar-refractivity contribution is 4.94. The number of nitrogens with zero attached hydrogens (tertiary/aromatic N) is 2. The summed E-state index contributed by atoms with van der Waals surface area (Å²) in [6.45, 7) is 6.21. The van der Waals surface area contributed by atoms with Gasteiger partial charge in [-0.05, 0) is 38.6 Å². The van der Waals surface area contributed by atoms with Crippen molar-refractivity contribution in [1.29, 1.82) is 5.26 Å². The molecule has 2 fully saturated rings. The van der Waals surface area contributed by atoms with Crippen LogP contribution < -0.4 is 0 Å². The zero-order chi connectivity index (χ0) is 12.8. The van der Waals surface area contributed by atoms with Gasteiger partial charge in [-0.25, -0.2) is 0 Å². The lowest BCUT2D eigenvalue weighted by molar-refractivity contribution is -0.150. The van der Waals surface area contributed by atoms with Crippen LogP contribution in [0.15, 0.2) is 0 Å². The highest BCUT2D eigenvalue weighted by atomic mass is 16.5. The fraction of sp³-hybridized carbons (Fsp3) is 0.929. The number of ether oxygens (including phenoxy) is 2. The van der Waals surface area contributed by atoms with Gasteiger partial charge in [-0.1, -0.05) is 6.92 Å². The van der Waals surface area contributed by atoms with Gasteiger partial charge in [-0.2, -0.15) is 5.26 Å². The maximum absolute atomic E-state index is 8.95. The van der Waals surface area contributed by atoms with Gasteiger partial charge in [0.2, 0.25) is 0 Å². The normalized spacial score (nSPS) is 27.3. The monoisotopic (exact) mass is 252 g/mol. The molecule has 0 radical (unpaired) electrons. The third kappa shape index (κ3) is 3.23. The van der Waals surface area contributed by atoms with E-state index in [0.29, 0.717) is 12.6 Å². The van der Waals surface area contributed by atoms with Gasteiger partial charge in [0, 0.05) is 25.9 Å². The molecule has 0 aromatic rings. The molecule has 1 unspecified atom stereocenters. The molecular weight excluding hydrogens is 228 g/mol. The molecule has 0 aromatic heterocycles. The molecule has 2 saturated heterocycles. The third-order valence-corrected chi connectivity index (χ3v) is 4.17. The van der Waals surface area contributed by atoms with Gasteiger partial charge in [-0.3, -0.25) is 4.90 Å². The van der Waals surface area contributed by atoms with Crippen molar-refractivity contribution in [3.63, 3.8) is 0 Å². The van der Waals surface area contributed by atoms with Crippen LogP contribution in [0.3, 0.4) is 0 Å². The Balaban J connectivity index is 1.97. The first kappa shape index (κ1) is 13.8. The molecule has 0 saturated carbocycles. The van der Waals surface area contributed by atoms with Crippen LogP contribution in [0.1, 0.15) is 39.0 Å². The summed E-state index contributed by atoms with van der Waals surface area (Å²) in [6.07, 6.45) is 5.25. The number of nitriles is 1. The summed E-state index contributed by atoms with van der Waals surface area (Å²) >= 11 is 0. The first-order chi connectivity index (χ1) is 8.79. The van der Waals surface area contributed by atoms with Crippen LogP contribution in [0.5, 0.6) is 0 Å². The van der Waals surface area contributed by atoms with Crippen LogP contribution in [0.4, 0.5) is 0 Å². The average Bonchev–Trinajstić information content (AvgIpc) is 2.39. The zero-order valence-corrected chi connectivity index (χ0v) is 11.4. The topological polar surface area (TPSA) is 45.5 Å². The van der Waals surface area contributed by atoms with Gasteiger partial charge >= 0.3 is 0 Å². The molecule has 0 bridgehead atoms. The fourth-order valence-corrected chi connectivity index (χ4v) is 3.17. The molecule has 0 N–H and O–H groups in total. The maximum Gasteiger partial charge on any atom is 0.0868 e. The molecule has 18 heavy (non-hydrogen) atoms. The van der Waals surface area contributed by atoms with E-state index in [0.717, 1.165) is 58.5 Å². The van der Waals surface area contributed by atoms with E-state index < -0.39 is 0 Å². The molecule has 2 aliphatic rings. The van der Waals surface area contributed by atoms with Gasteiger partial charge in [0.25, 0.3) is 0 Å². The lowest BCUT2D eigenvalue weighted by Gasteiger charge is -2.46. The summed E-state index contributed by atoms with van der Waals surface area (Å²) in [5.74, 6) is 0. The van der Waals surface area contributed by atoms with Gasteiger partial charge in [0.05, 0.1) is 18.2 Å².